The van der Waals surface area contributed by atoms with Crippen LogP contribution in [-0.4, -0.2) is 9.13 Å². The molecule has 2 aliphatic rings. The Morgan fingerprint density at radius 1 is 0.305 bits per heavy atom. The molecule has 13 rings (SSSR count). The lowest BCUT2D eigenvalue weighted by molar-refractivity contribution is 0.794. The van der Waals surface area contributed by atoms with Gasteiger partial charge in [-0.3, -0.25) is 0 Å². The van der Waals surface area contributed by atoms with Crippen LogP contribution < -0.4 is 0 Å². The Morgan fingerprint density at radius 3 is 1.53 bits per heavy atom. The van der Waals surface area contributed by atoms with E-state index in [1.54, 1.807) is 0 Å². The number of nitrogens with zero attached hydrogens (tertiary/aromatic N) is 2. The van der Waals surface area contributed by atoms with Crippen molar-refractivity contribution in [1.29, 1.82) is 0 Å². The van der Waals surface area contributed by atoms with Gasteiger partial charge in [0.2, 0.25) is 0 Å². The highest BCUT2D eigenvalue weighted by atomic mass is 15.0. The molecular formula is C57H36N2. The number of para-hydroxylation sites is 2. The van der Waals surface area contributed by atoms with Gasteiger partial charge in [0.05, 0.1) is 22.0 Å². The predicted molar refractivity (Wildman–Crippen MR) is 245 cm³/mol. The Bertz CT molecular complexity index is 3410. The summed E-state index contributed by atoms with van der Waals surface area (Å²) in [6, 6.07) is 78.5. The van der Waals surface area contributed by atoms with Crippen molar-refractivity contribution >= 4 is 32.7 Å². The van der Waals surface area contributed by atoms with Gasteiger partial charge in [-0.15, -0.1) is 0 Å². The molecule has 2 aliphatic carbocycles. The Kier molecular flexibility index (Phi) is 6.68. The lowest BCUT2D eigenvalue weighted by Crippen LogP contribution is -2.25. The average molecular weight is 749 g/mol. The maximum Gasteiger partial charge on any atom is 0.0788 e. The van der Waals surface area contributed by atoms with Gasteiger partial charge in [0, 0.05) is 39.3 Å². The van der Waals surface area contributed by atoms with E-state index in [1.807, 2.05) is 0 Å². The molecule has 2 aromatic heterocycles. The number of rotatable bonds is 4. The van der Waals surface area contributed by atoms with Crippen LogP contribution in [0, 0.1) is 0 Å². The van der Waals surface area contributed by atoms with Gasteiger partial charge in [0.1, 0.15) is 0 Å². The molecule has 0 fully saturated rings. The standard InChI is InChI=1S/C57H36N2/c1-3-15-38(16-4-1)49-36-58(40-17-5-2-6-18-40)55-48(49)34-33-47-46-22-10-14-26-54(46)59(56(47)55)41-30-27-37(28-31-41)39-29-32-45-44-21-9-13-25-52(44)57(53(45)35-39)50-23-11-7-19-42(50)43-20-8-12-24-51(43)57/h1-36H. The Balaban J connectivity index is 1.02. The third-order valence-corrected chi connectivity index (χ3v) is 13.2. The first-order valence-corrected chi connectivity index (χ1v) is 20.5. The monoisotopic (exact) mass is 748 g/mol. The zero-order valence-electron chi connectivity index (χ0n) is 32.2. The third kappa shape index (κ3) is 4.35. The molecule has 2 heteroatoms. The summed E-state index contributed by atoms with van der Waals surface area (Å²) in [5, 5.41) is 3.72. The molecule has 274 valence electrons. The van der Waals surface area contributed by atoms with Crippen molar-refractivity contribution in [2.24, 2.45) is 0 Å². The van der Waals surface area contributed by atoms with Crippen LogP contribution in [0.25, 0.3) is 88.6 Å². The molecule has 59 heavy (non-hydrogen) atoms. The van der Waals surface area contributed by atoms with E-state index in [0.717, 1.165) is 11.4 Å². The van der Waals surface area contributed by atoms with Crippen LogP contribution in [-0.2, 0) is 5.41 Å². The average Bonchev–Trinajstić information content (AvgIpc) is 4.04. The quantitative estimate of drug-likeness (QED) is 0.170. The normalized spacial score (nSPS) is 13.2. The van der Waals surface area contributed by atoms with E-state index in [-0.39, 0.29) is 5.41 Å². The van der Waals surface area contributed by atoms with Crippen LogP contribution in [0.5, 0.6) is 0 Å². The largest absolute Gasteiger partial charge is 0.314 e. The molecule has 11 aromatic rings. The molecule has 0 amide bonds. The Labute approximate surface area is 342 Å². The molecule has 2 heterocycles. The van der Waals surface area contributed by atoms with Crippen molar-refractivity contribution in [2.45, 2.75) is 5.41 Å². The van der Waals surface area contributed by atoms with Crippen molar-refractivity contribution in [2.75, 3.05) is 0 Å². The molecule has 0 saturated heterocycles. The summed E-state index contributed by atoms with van der Waals surface area (Å²) < 4.78 is 4.87. The van der Waals surface area contributed by atoms with E-state index in [4.69, 9.17) is 0 Å². The number of fused-ring (bicyclic) bond motifs is 15. The number of hydrogen-bond donors (Lipinski definition) is 0. The van der Waals surface area contributed by atoms with Crippen LogP contribution in [0.3, 0.4) is 0 Å². The van der Waals surface area contributed by atoms with Crippen LogP contribution >= 0.6 is 0 Å². The number of benzene rings is 9. The molecule has 0 N–H and O–H groups in total. The topological polar surface area (TPSA) is 9.86 Å². The highest BCUT2D eigenvalue weighted by Gasteiger charge is 2.51. The zero-order chi connectivity index (χ0) is 38.7. The lowest BCUT2D eigenvalue weighted by Gasteiger charge is -2.30. The highest BCUT2D eigenvalue weighted by Crippen LogP contribution is 2.63. The van der Waals surface area contributed by atoms with Crippen molar-refractivity contribution in [3.63, 3.8) is 0 Å². The zero-order valence-corrected chi connectivity index (χ0v) is 32.2. The first-order valence-electron chi connectivity index (χ1n) is 20.5. The molecule has 0 bridgehead atoms. The second-order valence-corrected chi connectivity index (χ2v) is 16.0. The molecule has 0 unspecified atom stereocenters. The molecule has 0 atom stereocenters. The minimum Gasteiger partial charge on any atom is -0.314 e. The van der Waals surface area contributed by atoms with Crippen LogP contribution in [0.15, 0.2) is 219 Å². The molecule has 0 saturated carbocycles. The fourth-order valence-electron chi connectivity index (χ4n) is 10.8. The minimum absolute atomic E-state index is 0.365. The SMILES string of the molecule is c1ccc(-c2cn(-c3ccccc3)c3c2ccc2c4ccccc4n(-c4ccc(-c5ccc6c(c5)C5(c7ccccc7-c7ccccc75)c5ccccc5-6)cc4)c23)cc1. The van der Waals surface area contributed by atoms with Gasteiger partial charge in [0.25, 0.3) is 0 Å². The van der Waals surface area contributed by atoms with E-state index in [9.17, 15) is 0 Å². The van der Waals surface area contributed by atoms with Gasteiger partial charge in [-0.05, 0) is 97.6 Å². The van der Waals surface area contributed by atoms with Crippen molar-refractivity contribution in [1.82, 2.24) is 9.13 Å². The molecule has 9 aromatic carbocycles. The summed E-state index contributed by atoms with van der Waals surface area (Å²) in [6.45, 7) is 0. The summed E-state index contributed by atoms with van der Waals surface area (Å²) in [4.78, 5) is 0. The molecule has 0 radical (unpaired) electrons. The van der Waals surface area contributed by atoms with E-state index in [0.29, 0.717) is 0 Å². The van der Waals surface area contributed by atoms with Crippen LogP contribution in [0.2, 0.25) is 0 Å². The molecular weight excluding hydrogens is 713 g/mol. The van der Waals surface area contributed by atoms with Crippen LogP contribution in [0.4, 0.5) is 0 Å². The lowest BCUT2D eigenvalue weighted by atomic mass is 9.70. The van der Waals surface area contributed by atoms with E-state index < -0.39 is 0 Å². The van der Waals surface area contributed by atoms with Crippen molar-refractivity contribution in [3.05, 3.63) is 241 Å². The summed E-state index contributed by atoms with van der Waals surface area (Å²) in [5.74, 6) is 0. The Morgan fingerprint density at radius 2 is 0.847 bits per heavy atom. The molecule has 1 spiro atoms. The van der Waals surface area contributed by atoms with Gasteiger partial charge >= 0.3 is 0 Å². The second-order valence-electron chi connectivity index (χ2n) is 16.0. The maximum atomic E-state index is 2.48. The fraction of sp³-hybridized carbons (Fsp3) is 0.0175. The first kappa shape index (κ1) is 32.4. The Hall–Kier alpha value is -7.68. The van der Waals surface area contributed by atoms with Gasteiger partial charge < -0.3 is 9.13 Å². The second kappa shape index (κ2) is 12.2. The minimum atomic E-state index is -0.365. The summed E-state index contributed by atoms with van der Waals surface area (Å²) >= 11 is 0. The fourth-order valence-corrected chi connectivity index (χ4v) is 10.8. The van der Waals surface area contributed by atoms with Crippen molar-refractivity contribution < 1.29 is 0 Å². The first-order chi connectivity index (χ1) is 29.3. The van der Waals surface area contributed by atoms with Crippen molar-refractivity contribution in [3.8, 4) is 55.9 Å². The molecule has 0 aliphatic heterocycles. The maximum absolute atomic E-state index is 2.48. The smallest absolute Gasteiger partial charge is 0.0788 e. The van der Waals surface area contributed by atoms with Gasteiger partial charge in [-0.25, -0.2) is 0 Å². The van der Waals surface area contributed by atoms with Gasteiger partial charge in [-0.2, -0.15) is 0 Å². The van der Waals surface area contributed by atoms with E-state index in [2.05, 4.69) is 228 Å². The van der Waals surface area contributed by atoms with E-state index >= 15 is 0 Å². The predicted octanol–water partition coefficient (Wildman–Crippen LogP) is 14.4. The number of aromatic nitrogens is 2. The highest BCUT2D eigenvalue weighted by molar-refractivity contribution is 6.20. The van der Waals surface area contributed by atoms with Crippen LogP contribution in [0.1, 0.15) is 22.3 Å². The summed E-state index contributed by atoms with van der Waals surface area (Å²) in [5.41, 5.74) is 21.1. The summed E-state index contributed by atoms with van der Waals surface area (Å²) in [6.07, 6.45) is 2.32. The number of hydrogen-bond acceptors (Lipinski definition) is 0. The summed E-state index contributed by atoms with van der Waals surface area (Å²) in [7, 11) is 0. The van der Waals surface area contributed by atoms with Gasteiger partial charge in [0.15, 0.2) is 0 Å². The third-order valence-electron chi connectivity index (χ3n) is 13.2. The van der Waals surface area contributed by atoms with Gasteiger partial charge in [-0.1, -0.05) is 176 Å². The van der Waals surface area contributed by atoms with E-state index in [1.165, 1.54) is 99.5 Å². The molecule has 2 nitrogen and oxygen atoms in total.